The zero-order chi connectivity index (χ0) is 18.5. The average molecular weight is 374 g/mol. The molecule has 0 fully saturated rings. The molecule has 0 aliphatic carbocycles. The number of aromatic nitrogens is 3. The molecule has 0 aliphatic rings. The molecule has 132 valence electrons. The molecule has 0 radical (unpaired) electrons. The van der Waals surface area contributed by atoms with Crippen molar-refractivity contribution in [2.45, 2.75) is 13.1 Å². The van der Waals surface area contributed by atoms with Crippen molar-refractivity contribution in [1.82, 2.24) is 14.5 Å². The highest BCUT2D eigenvalue weighted by Crippen LogP contribution is 2.39. The maximum Gasteiger partial charge on any atom is 0.416 e. The first kappa shape index (κ1) is 17.5. The van der Waals surface area contributed by atoms with Gasteiger partial charge in [-0.25, -0.2) is 14.4 Å². The van der Waals surface area contributed by atoms with Crippen molar-refractivity contribution in [1.29, 1.82) is 0 Å². The van der Waals surface area contributed by atoms with Crippen LogP contribution in [-0.2, 0) is 13.2 Å². The first-order chi connectivity index (χ1) is 11.6. The van der Waals surface area contributed by atoms with Gasteiger partial charge >= 0.3 is 6.18 Å². The molecule has 0 amide bonds. The Kier molecular flexibility index (Phi) is 4.10. The van der Waals surface area contributed by atoms with Crippen LogP contribution in [0.3, 0.4) is 0 Å². The van der Waals surface area contributed by atoms with Crippen LogP contribution in [0.15, 0.2) is 18.2 Å². The van der Waals surface area contributed by atoms with Gasteiger partial charge in [0.15, 0.2) is 16.6 Å². The summed E-state index contributed by atoms with van der Waals surface area (Å²) in [7, 11) is 2.88. The molecular formula is C16H12ClF4N3O. The van der Waals surface area contributed by atoms with Gasteiger partial charge in [0.2, 0.25) is 0 Å². The van der Waals surface area contributed by atoms with Gasteiger partial charge in [-0.15, -0.1) is 0 Å². The number of halogens is 5. The van der Waals surface area contributed by atoms with Gasteiger partial charge in [-0.2, -0.15) is 13.2 Å². The van der Waals surface area contributed by atoms with Crippen LogP contribution in [0.1, 0.15) is 11.1 Å². The summed E-state index contributed by atoms with van der Waals surface area (Å²) in [4.78, 5) is 8.15. The molecule has 0 spiro atoms. The third kappa shape index (κ3) is 2.90. The summed E-state index contributed by atoms with van der Waals surface area (Å²) < 4.78 is 59.4. The SMILES string of the molecule is COc1cc(C(F)(F)F)cc(C)c1-c1nc2nc(Cl)c(F)cc2n1C. The van der Waals surface area contributed by atoms with E-state index in [9.17, 15) is 17.6 Å². The van der Waals surface area contributed by atoms with E-state index in [0.29, 0.717) is 22.5 Å². The molecule has 0 saturated carbocycles. The minimum Gasteiger partial charge on any atom is -0.496 e. The van der Waals surface area contributed by atoms with Gasteiger partial charge in [0.25, 0.3) is 0 Å². The van der Waals surface area contributed by atoms with Crippen LogP contribution in [0.25, 0.3) is 22.6 Å². The van der Waals surface area contributed by atoms with E-state index in [0.717, 1.165) is 12.1 Å². The molecule has 0 atom stereocenters. The van der Waals surface area contributed by atoms with E-state index in [2.05, 4.69) is 9.97 Å². The molecular weight excluding hydrogens is 362 g/mol. The number of methoxy groups -OCH3 is 1. The van der Waals surface area contributed by atoms with Crippen LogP contribution in [-0.4, -0.2) is 21.6 Å². The standard InChI is InChI=1S/C16H12ClF4N3O/c1-7-4-8(16(19,20)21)5-11(25-3)12(7)15-23-14-10(24(15)2)6-9(18)13(17)22-14/h4-6H,1-3H3. The number of pyridine rings is 1. The molecule has 4 nitrogen and oxygen atoms in total. The summed E-state index contributed by atoms with van der Waals surface area (Å²) in [5.41, 5.74) is 0.407. The van der Waals surface area contributed by atoms with E-state index < -0.39 is 17.6 Å². The molecule has 1 aromatic carbocycles. The lowest BCUT2D eigenvalue weighted by Crippen LogP contribution is -2.07. The lowest BCUT2D eigenvalue weighted by Gasteiger charge is -2.15. The van der Waals surface area contributed by atoms with Crippen molar-refractivity contribution in [3.63, 3.8) is 0 Å². The predicted octanol–water partition coefficient (Wildman–Crippen LogP) is 4.76. The fourth-order valence-corrected chi connectivity index (χ4v) is 2.79. The molecule has 9 heteroatoms. The first-order valence-corrected chi connectivity index (χ1v) is 7.46. The number of aryl methyl sites for hydroxylation is 2. The van der Waals surface area contributed by atoms with Crippen molar-refractivity contribution >= 4 is 22.8 Å². The van der Waals surface area contributed by atoms with E-state index >= 15 is 0 Å². The number of imidazole rings is 1. The number of hydrogen-bond acceptors (Lipinski definition) is 3. The lowest BCUT2D eigenvalue weighted by molar-refractivity contribution is -0.137. The van der Waals surface area contributed by atoms with Crippen molar-refractivity contribution in [3.05, 3.63) is 40.3 Å². The molecule has 25 heavy (non-hydrogen) atoms. The normalized spacial score (nSPS) is 12.0. The monoisotopic (exact) mass is 373 g/mol. The topological polar surface area (TPSA) is 39.9 Å². The van der Waals surface area contributed by atoms with Crippen LogP contribution < -0.4 is 4.74 Å². The lowest BCUT2D eigenvalue weighted by atomic mass is 10.0. The molecule has 3 rings (SSSR count). The Balaban J connectivity index is 2.29. The molecule has 0 bridgehead atoms. The number of benzene rings is 1. The predicted molar refractivity (Wildman–Crippen MR) is 85.2 cm³/mol. The van der Waals surface area contributed by atoms with E-state index in [1.165, 1.54) is 24.7 Å². The third-order valence-corrected chi connectivity index (χ3v) is 4.12. The quantitative estimate of drug-likeness (QED) is 0.480. The van der Waals surface area contributed by atoms with E-state index in [1.54, 1.807) is 7.05 Å². The number of rotatable bonds is 2. The minimum atomic E-state index is -4.50. The fourth-order valence-electron chi connectivity index (χ4n) is 2.66. The summed E-state index contributed by atoms with van der Waals surface area (Å²) in [6.45, 7) is 1.52. The van der Waals surface area contributed by atoms with Gasteiger partial charge in [0.05, 0.1) is 23.8 Å². The van der Waals surface area contributed by atoms with E-state index in [-0.39, 0.29) is 16.5 Å². The van der Waals surface area contributed by atoms with E-state index in [1.807, 2.05) is 0 Å². The van der Waals surface area contributed by atoms with Crippen LogP contribution in [0.4, 0.5) is 17.6 Å². The highest BCUT2D eigenvalue weighted by atomic mass is 35.5. The number of alkyl halides is 3. The number of hydrogen-bond donors (Lipinski definition) is 0. The van der Waals surface area contributed by atoms with Gasteiger partial charge in [0.1, 0.15) is 11.6 Å². The molecule has 2 aromatic heterocycles. The molecule has 0 unspecified atom stereocenters. The highest BCUT2D eigenvalue weighted by molar-refractivity contribution is 6.29. The summed E-state index contributed by atoms with van der Waals surface area (Å²) in [5, 5.41) is -0.326. The zero-order valence-electron chi connectivity index (χ0n) is 13.4. The highest BCUT2D eigenvalue weighted by Gasteiger charge is 2.33. The Morgan fingerprint density at radius 3 is 2.44 bits per heavy atom. The summed E-state index contributed by atoms with van der Waals surface area (Å²) in [6.07, 6.45) is -4.50. The number of ether oxygens (including phenoxy) is 1. The fraction of sp³-hybridized carbons (Fsp3) is 0.250. The zero-order valence-corrected chi connectivity index (χ0v) is 14.1. The van der Waals surface area contributed by atoms with Gasteiger partial charge in [-0.05, 0) is 24.6 Å². The first-order valence-electron chi connectivity index (χ1n) is 7.08. The number of nitrogens with zero attached hydrogens (tertiary/aromatic N) is 3. The van der Waals surface area contributed by atoms with Crippen molar-refractivity contribution in [2.75, 3.05) is 7.11 Å². The maximum atomic E-state index is 13.7. The molecule has 3 aromatic rings. The second-order valence-corrected chi connectivity index (χ2v) is 5.82. The molecule has 0 aliphatic heterocycles. The van der Waals surface area contributed by atoms with Crippen molar-refractivity contribution < 1.29 is 22.3 Å². The minimum absolute atomic E-state index is 0.0114. The van der Waals surface area contributed by atoms with Crippen LogP contribution in [0.5, 0.6) is 5.75 Å². The maximum absolute atomic E-state index is 13.7. The Morgan fingerprint density at radius 2 is 1.84 bits per heavy atom. The molecule has 0 saturated heterocycles. The van der Waals surface area contributed by atoms with Gasteiger partial charge in [-0.3, -0.25) is 0 Å². The Hall–Kier alpha value is -2.35. The van der Waals surface area contributed by atoms with Crippen molar-refractivity contribution in [3.8, 4) is 17.1 Å². The largest absolute Gasteiger partial charge is 0.496 e. The van der Waals surface area contributed by atoms with Crippen LogP contribution in [0.2, 0.25) is 5.15 Å². The Labute approximate surface area is 145 Å². The molecule has 0 N–H and O–H groups in total. The van der Waals surface area contributed by atoms with Crippen LogP contribution in [0, 0.1) is 12.7 Å². The Morgan fingerprint density at radius 1 is 1.16 bits per heavy atom. The Bertz CT molecular complexity index is 982. The molecule has 2 heterocycles. The smallest absolute Gasteiger partial charge is 0.416 e. The van der Waals surface area contributed by atoms with Gasteiger partial charge in [0, 0.05) is 13.1 Å². The summed E-state index contributed by atoms with van der Waals surface area (Å²) >= 11 is 5.67. The average Bonchev–Trinajstić information content (AvgIpc) is 2.82. The number of fused-ring (bicyclic) bond motifs is 1. The second kappa shape index (κ2) is 5.87. The summed E-state index contributed by atoms with van der Waals surface area (Å²) in [6, 6.07) is 3.09. The van der Waals surface area contributed by atoms with Crippen LogP contribution >= 0.6 is 11.6 Å². The van der Waals surface area contributed by atoms with Gasteiger partial charge < -0.3 is 9.30 Å². The third-order valence-electron chi connectivity index (χ3n) is 3.85. The second-order valence-electron chi connectivity index (χ2n) is 5.47. The van der Waals surface area contributed by atoms with E-state index in [4.69, 9.17) is 16.3 Å². The summed E-state index contributed by atoms with van der Waals surface area (Å²) in [5.74, 6) is -0.399. The van der Waals surface area contributed by atoms with Crippen molar-refractivity contribution in [2.24, 2.45) is 7.05 Å². The van der Waals surface area contributed by atoms with Gasteiger partial charge in [-0.1, -0.05) is 11.6 Å².